The summed E-state index contributed by atoms with van der Waals surface area (Å²) in [4.78, 5) is 36.5. The number of carbonyl (C=O) groups excluding carboxylic acids is 2. The van der Waals surface area contributed by atoms with Crippen LogP contribution in [0.15, 0.2) is 5.38 Å². The second-order valence-corrected chi connectivity index (χ2v) is 5.53. The Balaban J connectivity index is 2.00. The summed E-state index contributed by atoms with van der Waals surface area (Å²) >= 11 is 1.20. The van der Waals surface area contributed by atoms with Crippen molar-refractivity contribution < 1.29 is 19.3 Å². The van der Waals surface area contributed by atoms with Gasteiger partial charge in [0.15, 0.2) is 5.72 Å². The lowest BCUT2D eigenvalue weighted by Crippen LogP contribution is -2.57. The maximum atomic E-state index is 12.4. The zero-order valence-corrected chi connectivity index (χ0v) is 11.3. The van der Waals surface area contributed by atoms with Crippen molar-refractivity contribution in [1.29, 1.82) is 0 Å². The summed E-state index contributed by atoms with van der Waals surface area (Å²) in [5.41, 5.74) is 5.34. The fourth-order valence-electron chi connectivity index (χ4n) is 2.37. The molecule has 1 saturated heterocycles. The number of anilines is 1. The van der Waals surface area contributed by atoms with E-state index >= 15 is 0 Å². The molecule has 2 aliphatic rings. The molecule has 0 unspecified atom stereocenters. The molecule has 2 amide bonds. The van der Waals surface area contributed by atoms with Crippen molar-refractivity contribution in [1.82, 2.24) is 10.1 Å². The third-order valence-electron chi connectivity index (χ3n) is 3.31. The van der Waals surface area contributed by atoms with Gasteiger partial charge in [-0.25, -0.2) is 9.74 Å². The van der Waals surface area contributed by atoms with Crippen molar-refractivity contribution in [2.45, 2.75) is 19.1 Å². The van der Waals surface area contributed by atoms with Crippen molar-refractivity contribution in [3.8, 4) is 0 Å². The van der Waals surface area contributed by atoms with Crippen LogP contribution in [0.4, 0.5) is 5.00 Å². The van der Waals surface area contributed by atoms with Gasteiger partial charge in [-0.05, 0) is 6.92 Å². The molecule has 1 aromatic heterocycles. The predicted molar refractivity (Wildman–Crippen MR) is 67.1 cm³/mol. The number of hydrogen-bond donors (Lipinski definition) is 1. The highest BCUT2D eigenvalue weighted by atomic mass is 32.1. The number of hydroxylamine groups is 2. The molecule has 1 aromatic rings. The van der Waals surface area contributed by atoms with Crippen LogP contribution in [0.1, 0.15) is 34.1 Å². The summed E-state index contributed by atoms with van der Waals surface area (Å²) in [6.07, 6.45) is 0.405. The number of amides is 2. The minimum atomic E-state index is -1.05. The molecule has 1 fully saturated rings. The zero-order valence-electron chi connectivity index (χ0n) is 10.5. The predicted octanol–water partition coefficient (Wildman–Crippen LogP) is 0.841. The van der Waals surface area contributed by atoms with Crippen molar-refractivity contribution in [2.75, 3.05) is 19.4 Å². The quantitative estimate of drug-likeness (QED) is 0.769. The molecule has 0 saturated carbocycles. The molecule has 0 bridgehead atoms. The van der Waals surface area contributed by atoms with E-state index in [2.05, 4.69) is 0 Å². The summed E-state index contributed by atoms with van der Waals surface area (Å²) in [6.45, 7) is 2.06. The van der Waals surface area contributed by atoms with Gasteiger partial charge in [0.05, 0.1) is 22.7 Å². The number of hydrogen-bond acceptors (Lipinski definition) is 7. The summed E-state index contributed by atoms with van der Waals surface area (Å²) < 4.78 is 0. The molecule has 0 spiro atoms. The van der Waals surface area contributed by atoms with Gasteiger partial charge in [-0.3, -0.25) is 14.4 Å². The average Bonchev–Trinajstić information content (AvgIpc) is 2.80. The second kappa shape index (κ2) is 4.01. The number of carbonyl (C=O) groups is 2. The zero-order chi connectivity index (χ0) is 13.8. The first-order valence-corrected chi connectivity index (χ1v) is 6.63. The van der Waals surface area contributed by atoms with Crippen LogP contribution in [0.3, 0.4) is 0 Å². The third-order valence-corrected chi connectivity index (χ3v) is 4.12. The number of thiophene rings is 1. The fourth-order valence-corrected chi connectivity index (χ4v) is 3.15. The average molecular weight is 283 g/mol. The van der Waals surface area contributed by atoms with Crippen molar-refractivity contribution in [3.05, 3.63) is 16.5 Å². The summed E-state index contributed by atoms with van der Waals surface area (Å²) in [5.74, 6) is -0.776. The van der Waals surface area contributed by atoms with Crippen LogP contribution in [-0.2, 0) is 9.68 Å². The van der Waals surface area contributed by atoms with Gasteiger partial charge in [-0.1, -0.05) is 5.23 Å². The number of imide groups is 1. The first kappa shape index (κ1) is 12.5. The van der Waals surface area contributed by atoms with Gasteiger partial charge in [0.25, 0.3) is 11.8 Å². The topological polar surface area (TPSA) is 85.1 Å². The van der Waals surface area contributed by atoms with Crippen LogP contribution in [0.2, 0.25) is 0 Å². The number of rotatable bonds is 1. The highest BCUT2D eigenvalue weighted by molar-refractivity contribution is 7.14. The van der Waals surface area contributed by atoms with Gasteiger partial charge in [-0.2, -0.15) is 0 Å². The molecule has 2 N–H and O–H groups in total. The van der Waals surface area contributed by atoms with Crippen LogP contribution in [0, 0.1) is 0 Å². The SMILES string of the molecule is CN1OCC[C@](C)(N2C(=O)c3csc(N)c3C2=O)O1. The van der Waals surface area contributed by atoms with E-state index in [0.29, 0.717) is 23.6 Å². The number of nitrogens with two attached hydrogens (primary N) is 1. The Labute approximate surface area is 113 Å². The molecule has 0 aliphatic carbocycles. The van der Waals surface area contributed by atoms with E-state index in [1.54, 1.807) is 19.4 Å². The molecular formula is C11H13N3O4S. The van der Waals surface area contributed by atoms with Gasteiger partial charge in [0.1, 0.15) is 0 Å². The lowest BCUT2D eigenvalue weighted by atomic mass is 10.1. The second-order valence-electron chi connectivity index (χ2n) is 4.62. The van der Waals surface area contributed by atoms with Crippen molar-refractivity contribution in [2.24, 2.45) is 0 Å². The van der Waals surface area contributed by atoms with Crippen LogP contribution < -0.4 is 5.73 Å². The number of fused-ring (bicyclic) bond motifs is 1. The smallest absolute Gasteiger partial charge is 0.266 e. The summed E-state index contributed by atoms with van der Waals surface area (Å²) in [5, 5.41) is 3.14. The lowest BCUT2D eigenvalue weighted by Gasteiger charge is -2.41. The normalized spacial score (nSPS) is 28.0. The molecule has 0 radical (unpaired) electrons. The highest BCUT2D eigenvalue weighted by Crippen LogP contribution is 2.39. The number of nitrogen functional groups attached to an aromatic ring is 1. The lowest BCUT2D eigenvalue weighted by molar-refractivity contribution is -0.440. The van der Waals surface area contributed by atoms with E-state index in [1.165, 1.54) is 16.6 Å². The molecule has 3 heterocycles. The van der Waals surface area contributed by atoms with E-state index in [0.717, 1.165) is 4.90 Å². The molecule has 102 valence electrons. The Kier molecular flexibility index (Phi) is 2.65. The molecule has 1 atom stereocenters. The fraction of sp³-hybridized carbons (Fsp3) is 0.455. The minimum Gasteiger partial charge on any atom is -0.390 e. The van der Waals surface area contributed by atoms with Crippen molar-refractivity contribution in [3.63, 3.8) is 0 Å². The van der Waals surface area contributed by atoms with E-state index in [4.69, 9.17) is 15.4 Å². The van der Waals surface area contributed by atoms with Gasteiger partial charge in [-0.15, -0.1) is 11.3 Å². The molecule has 7 nitrogen and oxygen atoms in total. The third kappa shape index (κ3) is 1.68. The van der Waals surface area contributed by atoms with E-state index < -0.39 is 11.6 Å². The van der Waals surface area contributed by atoms with Gasteiger partial charge in [0, 0.05) is 18.8 Å². The molecular weight excluding hydrogens is 270 g/mol. The monoisotopic (exact) mass is 283 g/mol. The molecule has 3 rings (SSSR count). The highest BCUT2D eigenvalue weighted by Gasteiger charge is 2.51. The van der Waals surface area contributed by atoms with Crippen LogP contribution in [-0.4, -0.2) is 41.3 Å². The van der Waals surface area contributed by atoms with Crippen LogP contribution in [0.5, 0.6) is 0 Å². The maximum absolute atomic E-state index is 12.4. The van der Waals surface area contributed by atoms with Crippen molar-refractivity contribution >= 4 is 28.2 Å². The Bertz CT molecular complexity index is 572. The minimum absolute atomic E-state index is 0.286. The Morgan fingerprint density at radius 3 is 2.79 bits per heavy atom. The van der Waals surface area contributed by atoms with Crippen LogP contribution in [0.25, 0.3) is 0 Å². The van der Waals surface area contributed by atoms with Gasteiger partial charge in [0.2, 0.25) is 0 Å². The Morgan fingerprint density at radius 1 is 1.42 bits per heavy atom. The largest absolute Gasteiger partial charge is 0.390 e. The first-order chi connectivity index (χ1) is 8.94. The van der Waals surface area contributed by atoms with E-state index in [-0.39, 0.29) is 11.5 Å². The van der Waals surface area contributed by atoms with E-state index in [9.17, 15) is 9.59 Å². The molecule has 0 aromatic carbocycles. The Hall–Kier alpha value is -1.48. The first-order valence-electron chi connectivity index (χ1n) is 5.75. The van der Waals surface area contributed by atoms with Crippen LogP contribution >= 0.6 is 11.3 Å². The molecule has 19 heavy (non-hydrogen) atoms. The summed E-state index contributed by atoms with van der Waals surface area (Å²) in [6, 6.07) is 0. The summed E-state index contributed by atoms with van der Waals surface area (Å²) in [7, 11) is 1.58. The molecule has 8 heteroatoms. The Morgan fingerprint density at radius 2 is 2.16 bits per heavy atom. The van der Waals surface area contributed by atoms with E-state index in [1.807, 2.05) is 0 Å². The van der Waals surface area contributed by atoms with Gasteiger partial charge < -0.3 is 5.73 Å². The van der Waals surface area contributed by atoms with Gasteiger partial charge >= 0.3 is 0 Å². The molecule has 2 aliphatic heterocycles. The maximum Gasteiger partial charge on any atom is 0.266 e. The number of nitrogens with zero attached hydrogens (tertiary/aromatic N) is 2. The standard InChI is InChI=1S/C11H13N3O4S/c1-11(3-4-17-13(2)18-11)14-9(15)6-5-19-8(12)7(6)10(14)16/h5H,3-4,12H2,1-2H3/t11-/m1/s1.